The number of nitrogens with one attached hydrogen (secondary N) is 1. The molecule has 8 heteroatoms. The number of rotatable bonds is 5. The first-order valence-corrected chi connectivity index (χ1v) is 9.92. The van der Waals surface area contributed by atoms with Crippen LogP contribution in [-0.4, -0.2) is 33.7 Å². The van der Waals surface area contributed by atoms with Gasteiger partial charge in [0, 0.05) is 24.7 Å². The minimum atomic E-state index is -0.402. The minimum Gasteiger partial charge on any atom is -0.409 e. The van der Waals surface area contributed by atoms with Crippen molar-refractivity contribution in [2.45, 2.75) is 19.5 Å². The Kier molecular flexibility index (Phi) is 5.82. The molecular formula is C21H21FN4O2S. The van der Waals surface area contributed by atoms with Crippen LogP contribution >= 0.6 is 12.2 Å². The fourth-order valence-corrected chi connectivity index (χ4v) is 3.61. The van der Waals surface area contributed by atoms with Crippen molar-refractivity contribution in [1.29, 1.82) is 0 Å². The summed E-state index contributed by atoms with van der Waals surface area (Å²) in [6, 6.07) is 15.8. The highest BCUT2D eigenvalue weighted by Crippen LogP contribution is 2.23. The number of benzene rings is 2. The molecule has 0 spiro atoms. The molecule has 1 amide bonds. The summed E-state index contributed by atoms with van der Waals surface area (Å²) < 4.78 is 21.0. The molecule has 0 atom stereocenters. The standard InChI is InChI=1S/C21H21FN4O2S/c22-18-9-5-4-8-17(18)20-24-26(21(29)28-20)14-25-12-10-15(11-13-25)19(27)23-16-6-2-1-3-7-16/h1-9,15H,10-14H2,(H,23,27). The molecule has 3 aromatic rings. The third-order valence-corrected chi connectivity index (χ3v) is 5.34. The number of likely N-dealkylation sites (tertiary alicyclic amines) is 1. The summed E-state index contributed by atoms with van der Waals surface area (Å²) in [5, 5.41) is 7.30. The SMILES string of the molecule is O=C(Nc1ccccc1)C1CCN(Cn2nc(-c3ccccc3F)oc2=S)CC1. The van der Waals surface area contributed by atoms with E-state index in [4.69, 9.17) is 16.6 Å². The number of piperidine rings is 1. The summed E-state index contributed by atoms with van der Waals surface area (Å²) in [6.07, 6.45) is 1.51. The third kappa shape index (κ3) is 4.60. The Bertz CT molecular complexity index is 1040. The fraction of sp³-hybridized carbons (Fsp3) is 0.286. The number of halogens is 1. The number of carbonyl (C=O) groups excluding carboxylic acids is 1. The second kappa shape index (κ2) is 8.67. The van der Waals surface area contributed by atoms with Gasteiger partial charge in [-0.1, -0.05) is 30.3 Å². The van der Waals surface area contributed by atoms with Gasteiger partial charge in [0.25, 0.3) is 4.84 Å². The van der Waals surface area contributed by atoms with Crippen LogP contribution in [0.1, 0.15) is 12.8 Å². The highest BCUT2D eigenvalue weighted by Gasteiger charge is 2.25. The summed E-state index contributed by atoms with van der Waals surface area (Å²) >= 11 is 5.24. The van der Waals surface area contributed by atoms with Crippen molar-refractivity contribution in [3.63, 3.8) is 0 Å². The van der Waals surface area contributed by atoms with Gasteiger partial charge in [-0.15, -0.1) is 5.10 Å². The number of anilines is 1. The largest absolute Gasteiger partial charge is 0.409 e. The predicted molar refractivity (Wildman–Crippen MR) is 110 cm³/mol. The summed E-state index contributed by atoms with van der Waals surface area (Å²) in [5.41, 5.74) is 1.10. The normalized spacial score (nSPS) is 15.3. The summed E-state index contributed by atoms with van der Waals surface area (Å²) in [5.74, 6) is -0.201. The van der Waals surface area contributed by atoms with E-state index in [1.54, 1.807) is 22.9 Å². The van der Waals surface area contributed by atoms with Crippen LogP contribution in [0.4, 0.5) is 10.1 Å². The molecule has 0 radical (unpaired) electrons. The van der Waals surface area contributed by atoms with E-state index in [0.717, 1.165) is 31.6 Å². The van der Waals surface area contributed by atoms with E-state index < -0.39 is 5.82 Å². The molecule has 1 N–H and O–H groups in total. The fourth-order valence-electron chi connectivity index (χ4n) is 3.43. The van der Waals surface area contributed by atoms with Crippen LogP contribution in [0, 0.1) is 16.6 Å². The highest BCUT2D eigenvalue weighted by molar-refractivity contribution is 7.71. The van der Waals surface area contributed by atoms with Crippen molar-refractivity contribution in [3.05, 3.63) is 65.3 Å². The average Bonchev–Trinajstić information content (AvgIpc) is 3.09. The minimum absolute atomic E-state index is 0.0225. The molecule has 0 unspecified atom stereocenters. The lowest BCUT2D eigenvalue weighted by Crippen LogP contribution is -2.39. The molecule has 0 bridgehead atoms. The molecule has 29 heavy (non-hydrogen) atoms. The van der Waals surface area contributed by atoms with Gasteiger partial charge in [0.05, 0.1) is 12.2 Å². The van der Waals surface area contributed by atoms with E-state index in [-0.39, 0.29) is 28.1 Å². The lowest BCUT2D eigenvalue weighted by atomic mass is 9.96. The molecule has 2 aromatic carbocycles. The van der Waals surface area contributed by atoms with Crippen molar-refractivity contribution in [3.8, 4) is 11.5 Å². The van der Waals surface area contributed by atoms with Crippen LogP contribution in [0.15, 0.2) is 59.0 Å². The van der Waals surface area contributed by atoms with Crippen LogP contribution < -0.4 is 5.32 Å². The van der Waals surface area contributed by atoms with Crippen molar-refractivity contribution < 1.29 is 13.6 Å². The van der Waals surface area contributed by atoms with Gasteiger partial charge in [0.1, 0.15) is 5.82 Å². The first kappa shape index (κ1) is 19.5. The van der Waals surface area contributed by atoms with Crippen molar-refractivity contribution >= 4 is 23.8 Å². The Morgan fingerprint density at radius 1 is 1.14 bits per heavy atom. The zero-order valence-corrected chi connectivity index (χ0v) is 16.6. The van der Waals surface area contributed by atoms with Gasteiger partial charge in [-0.25, -0.2) is 9.07 Å². The molecule has 150 valence electrons. The second-order valence-corrected chi connectivity index (χ2v) is 7.39. The molecule has 6 nitrogen and oxygen atoms in total. The Hall–Kier alpha value is -2.84. The molecule has 1 aliphatic rings. The van der Waals surface area contributed by atoms with E-state index in [1.165, 1.54) is 6.07 Å². The smallest absolute Gasteiger partial charge is 0.288 e. The van der Waals surface area contributed by atoms with E-state index in [9.17, 15) is 9.18 Å². The highest BCUT2D eigenvalue weighted by atomic mass is 32.1. The van der Waals surface area contributed by atoms with Crippen molar-refractivity contribution in [2.24, 2.45) is 5.92 Å². The molecule has 1 aromatic heterocycles. The molecule has 0 aliphatic carbocycles. The maximum atomic E-state index is 14.0. The predicted octanol–water partition coefficient (Wildman–Crippen LogP) is 4.32. The van der Waals surface area contributed by atoms with E-state index in [0.29, 0.717) is 6.67 Å². The lowest BCUT2D eigenvalue weighted by Gasteiger charge is -2.30. The van der Waals surface area contributed by atoms with Gasteiger partial charge in [-0.05, 0) is 49.3 Å². The Morgan fingerprint density at radius 2 is 1.83 bits per heavy atom. The first-order chi connectivity index (χ1) is 14.1. The zero-order chi connectivity index (χ0) is 20.2. The van der Waals surface area contributed by atoms with Gasteiger partial charge in [-0.2, -0.15) is 0 Å². The zero-order valence-electron chi connectivity index (χ0n) is 15.8. The van der Waals surface area contributed by atoms with E-state index in [2.05, 4.69) is 15.3 Å². The van der Waals surface area contributed by atoms with Crippen LogP contribution in [0.2, 0.25) is 0 Å². The molecule has 1 fully saturated rings. The number of carbonyl (C=O) groups is 1. The number of para-hydroxylation sites is 1. The maximum absolute atomic E-state index is 14.0. The van der Waals surface area contributed by atoms with Crippen molar-refractivity contribution in [1.82, 2.24) is 14.7 Å². The van der Waals surface area contributed by atoms with Crippen LogP contribution in [-0.2, 0) is 11.5 Å². The Balaban J connectivity index is 1.35. The van der Waals surface area contributed by atoms with Crippen LogP contribution in [0.25, 0.3) is 11.5 Å². The van der Waals surface area contributed by atoms with E-state index >= 15 is 0 Å². The number of hydrogen-bond donors (Lipinski definition) is 1. The number of hydrogen-bond acceptors (Lipinski definition) is 5. The molecular weight excluding hydrogens is 391 g/mol. The van der Waals surface area contributed by atoms with Gasteiger partial charge >= 0.3 is 0 Å². The number of nitrogens with zero attached hydrogens (tertiary/aromatic N) is 3. The molecule has 1 aliphatic heterocycles. The lowest BCUT2D eigenvalue weighted by molar-refractivity contribution is -0.121. The maximum Gasteiger partial charge on any atom is 0.288 e. The number of aromatic nitrogens is 2. The van der Waals surface area contributed by atoms with Crippen LogP contribution in [0.3, 0.4) is 0 Å². The molecule has 2 heterocycles. The Labute approximate surface area is 173 Å². The van der Waals surface area contributed by atoms with Gasteiger partial charge in [0.15, 0.2) is 0 Å². The molecule has 4 rings (SSSR count). The topological polar surface area (TPSA) is 63.3 Å². The van der Waals surface area contributed by atoms with Gasteiger partial charge in [0.2, 0.25) is 11.8 Å². The Morgan fingerprint density at radius 3 is 2.55 bits per heavy atom. The van der Waals surface area contributed by atoms with E-state index in [1.807, 2.05) is 30.3 Å². The summed E-state index contributed by atoms with van der Waals surface area (Å²) in [4.78, 5) is 14.8. The molecule has 0 saturated carbocycles. The van der Waals surface area contributed by atoms with Gasteiger partial charge < -0.3 is 9.73 Å². The quantitative estimate of drug-likeness (QED) is 0.633. The monoisotopic (exact) mass is 412 g/mol. The third-order valence-electron chi connectivity index (χ3n) is 5.04. The number of amides is 1. The first-order valence-electron chi connectivity index (χ1n) is 9.51. The van der Waals surface area contributed by atoms with Gasteiger partial charge in [-0.3, -0.25) is 9.69 Å². The van der Waals surface area contributed by atoms with Crippen molar-refractivity contribution in [2.75, 3.05) is 18.4 Å². The van der Waals surface area contributed by atoms with Crippen LogP contribution in [0.5, 0.6) is 0 Å². The summed E-state index contributed by atoms with van der Waals surface area (Å²) in [7, 11) is 0. The average molecular weight is 412 g/mol. The second-order valence-electron chi connectivity index (χ2n) is 7.04. The molecule has 1 saturated heterocycles. The summed E-state index contributed by atoms with van der Waals surface area (Å²) in [6.45, 7) is 1.94.